The lowest BCUT2D eigenvalue weighted by Crippen LogP contribution is -2.33. The minimum Gasteiger partial charge on any atom is -0.452 e. The number of nitrogens with one attached hydrogen (secondary N) is 2. The molecule has 0 bridgehead atoms. The molecule has 9 heteroatoms. The second kappa shape index (κ2) is 10.5. The SMILES string of the molecule is O=C(COC(=O)c1ccc(S(=O)(=O)NCC2CCCO2)cc1)NC(c1ccccc1)C1CC1. The highest BCUT2D eigenvalue weighted by Gasteiger charge is 2.33. The van der Waals surface area contributed by atoms with E-state index in [0.717, 1.165) is 31.2 Å². The number of sulfonamides is 1. The fourth-order valence-corrected chi connectivity index (χ4v) is 4.92. The van der Waals surface area contributed by atoms with Crippen molar-refractivity contribution in [2.75, 3.05) is 19.8 Å². The molecule has 4 rings (SSSR count). The van der Waals surface area contributed by atoms with Crippen LogP contribution >= 0.6 is 0 Å². The maximum Gasteiger partial charge on any atom is 0.338 e. The summed E-state index contributed by atoms with van der Waals surface area (Å²) in [6.07, 6.45) is 3.75. The molecule has 0 aromatic heterocycles. The molecule has 0 spiro atoms. The van der Waals surface area contributed by atoms with Crippen LogP contribution in [0.5, 0.6) is 0 Å². The van der Waals surface area contributed by atoms with Gasteiger partial charge >= 0.3 is 5.97 Å². The van der Waals surface area contributed by atoms with Gasteiger partial charge in [0.15, 0.2) is 6.61 Å². The van der Waals surface area contributed by atoms with Gasteiger partial charge in [-0.05, 0) is 61.4 Å². The van der Waals surface area contributed by atoms with Crippen LogP contribution in [-0.2, 0) is 24.3 Å². The molecule has 1 amide bonds. The molecule has 2 aromatic rings. The van der Waals surface area contributed by atoms with Crippen molar-refractivity contribution in [2.45, 2.75) is 42.7 Å². The van der Waals surface area contributed by atoms with E-state index in [1.807, 2.05) is 30.3 Å². The topological polar surface area (TPSA) is 111 Å². The minimum atomic E-state index is -3.70. The first kappa shape index (κ1) is 23.4. The molecule has 2 unspecified atom stereocenters. The van der Waals surface area contributed by atoms with Crippen LogP contribution in [0.15, 0.2) is 59.5 Å². The third-order valence-electron chi connectivity index (χ3n) is 5.83. The van der Waals surface area contributed by atoms with Crippen molar-refractivity contribution in [1.29, 1.82) is 0 Å². The molecule has 2 aliphatic rings. The lowest BCUT2D eigenvalue weighted by molar-refractivity contribution is -0.125. The Kier molecular flexibility index (Phi) is 7.42. The van der Waals surface area contributed by atoms with E-state index in [1.165, 1.54) is 24.3 Å². The number of carbonyl (C=O) groups excluding carboxylic acids is 2. The highest BCUT2D eigenvalue weighted by molar-refractivity contribution is 7.89. The first-order chi connectivity index (χ1) is 15.9. The number of carbonyl (C=O) groups is 2. The van der Waals surface area contributed by atoms with Crippen molar-refractivity contribution in [3.05, 3.63) is 65.7 Å². The van der Waals surface area contributed by atoms with Crippen molar-refractivity contribution in [1.82, 2.24) is 10.0 Å². The minimum absolute atomic E-state index is 0.0462. The molecular formula is C24H28N2O6S. The van der Waals surface area contributed by atoms with Crippen LogP contribution < -0.4 is 10.0 Å². The zero-order valence-corrected chi connectivity index (χ0v) is 19.1. The Morgan fingerprint density at radius 1 is 1.03 bits per heavy atom. The third-order valence-corrected chi connectivity index (χ3v) is 7.27. The van der Waals surface area contributed by atoms with Gasteiger partial charge in [-0.2, -0.15) is 0 Å². The van der Waals surface area contributed by atoms with Gasteiger partial charge in [-0.1, -0.05) is 30.3 Å². The summed E-state index contributed by atoms with van der Waals surface area (Å²) in [5, 5.41) is 2.95. The van der Waals surface area contributed by atoms with Gasteiger partial charge in [0.2, 0.25) is 10.0 Å². The summed E-state index contributed by atoms with van der Waals surface area (Å²) in [7, 11) is -3.70. The fraction of sp³-hybridized carbons (Fsp3) is 0.417. The van der Waals surface area contributed by atoms with Crippen LogP contribution in [0.2, 0.25) is 0 Å². The van der Waals surface area contributed by atoms with Gasteiger partial charge in [-0.15, -0.1) is 0 Å². The average molecular weight is 473 g/mol. The largest absolute Gasteiger partial charge is 0.452 e. The number of benzene rings is 2. The number of amides is 1. The Labute approximate surface area is 193 Å². The van der Waals surface area contributed by atoms with Gasteiger partial charge in [-0.25, -0.2) is 17.9 Å². The van der Waals surface area contributed by atoms with Crippen molar-refractivity contribution in [2.24, 2.45) is 5.92 Å². The Hall–Kier alpha value is -2.75. The van der Waals surface area contributed by atoms with Crippen molar-refractivity contribution in [3.63, 3.8) is 0 Å². The van der Waals surface area contributed by atoms with Crippen LogP contribution in [0, 0.1) is 5.92 Å². The zero-order valence-electron chi connectivity index (χ0n) is 18.2. The zero-order chi connectivity index (χ0) is 23.3. The molecule has 1 heterocycles. The maximum atomic E-state index is 12.4. The Balaban J connectivity index is 1.28. The van der Waals surface area contributed by atoms with Gasteiger partial charge in [0, 0.05) is 13.2 Å². The summed E-state index contributed by atoms with van der Waals surface area (Å²) < 4.78 is 37.9. The third kappa shape index (κ3) is 6.40. The summed E-state index contributed by atoms with van der Waals surface area (Å²) in [6.45, 7) is 0.457. The normalized spacial score (nSPS) is 19.1. The molecule has 1 aliphatic heterocycles. The monoisotopic (exact) mass is 472 g/mol. The number of hydrogen-bond acceptors (Lipinski definition) is 6. The first-order valence-electron chi connectivity index (χ1n) is 11.1. The number of ether oxygens (including phenoxy) is 2. The summed E-state index contributed by atoms with van der Waals surface area (Å²) in [4.78, 5) is 24.7. The quantitative estimate of drug-likeness (QED) is 0.514. The number of rotatable bonds is 10. The van der Waals surface area contributed by atoms with Crippen LogP contribution in [0.4, 0.5) is 0 Å². The van der Waals surface area contributed by atoms with E-state index in [0.29, 0.717) is 12.5 Å². The molecule has 176 valence electrons. The van der Waals surface area contributed by atoms with Crippen LogP contribution in [-0.4, -0.2) is 46.2 Å². The maximum absolute atomic E-state index is 12.4. The van der Waals surface area contributed by atoms with Crippen LogP contribution in [0.25, 0.3) is 0 Å². The van der Waals surface area contributed by atoms with E-state index in [2.05, 4.69) is 10.0 Å². The number of hydrogen-bond donors (Lipinski definition) is 2. The van der Waals surface area contributed by atoms with E-state index in [-0.39, 0.29) is 35.1 Å². The summed E-state index contributed by atoms with van der Waals surface area (Å²) in [6, 6.07) is 15.1. The summed E-state index contributed by atoms with van der Waals surface area (Å²) in [5.41, 5.74) is 1.20. The first-order valence-corrected chi connectivity index (χ1v) is 12.6. The summed E-state index contributed by atoms with van der Waals surface area (Å²) >= 11 is 0. The van der Waals surface area contributed by atoms with E-state index < -0.39 is 22.6 Å². The van der Waals surface area contributed by atoms with Gasteiger partial charge in [-0.3, -0.25) is 4.79 Å². The van der Waals surface area contributed by atoms with E-state index in [4.69, 9.17) is 9.47 Å². The molecule has 33 heavy (non-hydrogen) atoms. The smallest absolute Gasteiger partial charge is 0.338 e. The molecule has 2 atom stereocenters. The predicted octanol–water partition coefficient (Wildman–Crippen LogP) is 2.57. The number of esters is 1. The standard InChI is InChI=1S/C24H28N2O6S/c27-22(26-23(18-8-9-18)17-5-2-1-3-6-17)16-32-24(28)19-10-12-21(13-11-19)33(29,30)25-15-20-7-4-14-31-20/h1-3,5-6,10-13,18,20,23,25H,4,7-9,14-16H2,(H,26,27). The Bertz CT molecular complexity index is 1060. The fourth-order valence-electron chi connectivity index (χ4n) is 3.85. The van der Waals surface area contributed by atoms with Crippen molar-refractivity contribution < 1.29 is 27.5 Å². The van der Waals surface area contributed by atoms with E-state index in [1.54, 1.807) is 0 Å². The highest BCUT2D eigenvalue weighted by atomic mass is 32.2. The van der Waals surface area contributed by atoms with Gasteiger partial charge in [0.25, 0.3) is 5.91 Å². The Morgan fingerprint density at radius 3 is 2.39 bits per heavy atom. The predicted molar refractivity (Wildman–Crippen MR) is 121 cm³/mol. The molecule has 2 N–H and O–H groups in total. The molecular weight excluding hydrogens is 444 g/mol. The molecule has 1 saturated carbocycles. The van der Waals surface area contributed by atoms with Crippen LogP contribution in [0.1, 0.15) is 47.6 Å². The molecule has 8 nitrogen and oxygen atoms in total. The second-order valence-corrected chi connectivity index (χ2v) is 10.1. The lowest BCUT2D eigenvalue weighted by atomic mass is 10.0. The highest BCUT2D eigenvalue weighted by Crippen LogP contribution is 2.40. The molecule has 2 aromatic carbocycles. The summed E-state index contributed by atoms with van der Waals surface area (Å²) in [5.74, 6) is -0.666. The Morgan fingerprint density at radius 2 is 1.76 bits per heavy atom. The van der Waals surface area contributed by atoms with E-state index in [9.17, 15) is 18.0 Å². The van der Waals surface area contributed by atoms with Gasteiger partial charge < -0.3 is 14.8 Å². The molecule has 1 aliphatic carbocycles. The van der Waals surface area contributed by atoms with Gasteiger partial charge in [0.05, 0.1) is 22.6 Å². The second-order valence-electron chi connectivity index (χ2n) is 8.38. The average Bonchev–Trinajstić information content (AvgIpc) is 3.54. The lowest BCUT2D eigenvalue weighted by Gasteiger charge is -2.18. The van der Waals surface area contributed by atoms with E-state index >= 15 is 0 Å². The molecule has 0 radical (unpaired) electrons. The molecule has 1 saturated heterocycles. The molecule has 2 fully saturated rings. The van der Waals surface area contributed by atoms with Gasteiger partial charge in [0.1, 0.15) is 0 Å². The van der Waals surface area contributed by atoms with Crippen molar-refractivity contribution in [3.8, 4) is 0 Å². The van der Waals surface area contributed by atoms with Crippen molar-refractivity contribution >= 4 is 21.9 Å². The van der Waals surface area contributed by atoms with Crippen LogP contribution in [0.3, 0.4) is 0 Å².